The van der Waals surface area contributed by atoms with Gasteiger partial charge in [0.25, 0.3) is 0 Å². The van der Waals surface area contributed by atoms with E-state index in [1.807, 2.05) is 54.5 Å². The van der Waals surface area contributed by atoms with Gasteiger partial charge in [-0.2, -0.15) is 0 Å². The number of benzene rings is 3. The second kappa shape index (κ2) is 26.2. The van der Waals surface area contributed by atoms with Gasteiger partial charge in [-0.1, -0.05) is 105 Å². The van der Waals surface area contributed by atoms with Crippen molar-refractivity contribution in [1.29, 1.82) is 0 Å². The standard InChI is InChI=1S/C36H44BrClN4O3.C22H27BrClN3/c1-4-5-11-30-23-41(34-31-16-15-29(38)21-26(31)13-14-27-20-28(37)22-39-33(27)34)18-19-42(30)35(43)24(2)40-32(36(44)45-3)17-12-25-9-7-6-8-10-25;1-2-3-4-19-14-27(10-9-25-19)22-20-8-7-18(24)12-15(20)5-6-16-11-17(23)13-26-21(16)22/h6-10,15-16,20-22,24,30,32,34,40H,4-5,11-14,17-19,23H2,1-3H3;7-8,11-13,19,22,25H,2-6,9-10,14H2,1H3. The summed E-state index contributed by atoms with van der Waals surface area (Å²) in [6.07, 6.45) is 15.7. The molecule has 0 saturated carbocycles. The molecule has 384 valence electrons. The number of fused-ring (bicyclic) bond motifs is 4. The van der Waals surface area contributed by atoms with Gasteiger partial charge in [0.05, 0.1) is 36.6 Å². The Balaban J connectivity index is 0.000000218. The second-order valence-electron chi connectivity index (χ2n) is 20.0. The van der Waals surface area contributed by atoms with Gasteiger partial charge in [0.1, 0.15) is 6.04 Å². The number of ether oxygens (including phenoxy) is 1. The van der Waals surface area contributed by atoms with E-state index in [1.54, 1.807) is 0 Å². The highest BCUT2D eigenvalue weighted by Gasteiger charge is 2.39. The van der Waals surface area contributed by atoms with Crippen LogP contribution in [0.25, 0.3) is 0 Å². The number of nitrogens with one attached hydrogen (secondary N) is 2. The quantitative estimate of drug-likeness (QED) is 0.0992. The lowest BCUT2D eigenvalue weighted by Crippen LogP contribution is -2.60. The average Bonchev–Trinajstić information content (AvgIpc) is 3.65. The normalized spacial score (nSPS) is 20.8. The Bertz CT molecular complexity index is 2520. The van der Waals surface area contributed by atoms with Crippen LogP contribution in [0.5, 0.6) is 0 Å². The maximum atomic E-state index is 14.1. The number of carbonyl (C=O) groups excluding carboxylic acids is 2. The summed E-state index contributed by atoms with van der Waals surface area (Å²) in [5, 5.41) is 8.62. The van der Waals surface area contributed by atoms with Gasteiger partial charge in [0.2, 0.25) is 5.91 Å². The minimum absolute atomic E-state index is 0.0125. The molecule has 2 aliphatic heterocycles. The topological polar surface area (TPSA) is 103 Å². The van der Waals surface area contributed by atoms with E-state index >= 15 is 0 Å². The zero-order valence-corrected chi connectivity index (χ0v) is 47.0. The van der Waals surface area contributed by atoms with Gasteiger partial charge in [-0.05, 0) is 165 Å². The van der Waals surface area contributed by atoms with Gasteiger partial charge in [-0.3, -0.25) is 34.7 Å². The van der Waals surface area contributed by atoms with Crippen LogP contribution < -0.4 is 10.6 Å². The lowest BCUT2D eigenvalue weighted by molar-refractivity contribution is -0.144. The number of hydrogen-bond donors (Lipinski definition) is 2. The van der Waals surface area contributed by atoms with Crippen LogP contribution in [0.3, 0.4) is 0 Å². The molecule has 10 nitrogen and oxygen atoms in total. The first-order valence-corrected chi connectivity index (χ1v) is 28.5. The lowest BCUT2D eigenvalue weighted by Gasteiger charge is -2.45. The van der Waals surface area contributed by atoms with E-state index in [4.69, 9.17) is 37.9 Å². The Morgan fingerprint density at radius 3 is 1.90 bits per heavy atom. The second-order valence-corrected chi connectivity index (χ2v) is 22.7. The number of carbonyl (C=O) groups is 2. The fourth-order valence-corrected chi connectivity index (χ4v) is 12.5. The molecule has 6 unspecified atom stereocenters. The van der Waals surface area contributed by atoms with Crippen LogP contribution in [0.1, 0.15) is 128 Å². The zero-order valence-electron chi connectivity index (χ0n) is 42.3. The number of amides is 1. The molecule has 0 radical (unpaired) electrons. The molecule has 2 aromatic heterocycles. The van der Waals surface area contributed by atoms with Crippen LogP contribution in [0.2, 0.25) is 10.0 Å². The minimum Gasteiger partial charge on any atom is -0.468 e. The highest BCUT2D eigenvalue weighted by atomic mass is 79.9. The number of methoxy groups -OCH3 is 1. The first-order valence-electron chi connectivity index (χ1n) is 26.2. The highest BCUT2D eigenvalue weighted by Crippen LogP contribution is 2.40. The summed E-state index contributed by atoms with van der Waals surface area (Å²) in [5.74, 6) is -0.317. The van der Waals surface area contributed by atoms with Gasteiger partial charge < -0.3 is 15.0 Å². The summed E-state index contributed by atoms with van der Waals surface area (Å²) in [5.41, 5.74) is 11.3. The molecule has 5 aromatic rings. The molecule has 0 spiro atoms. The zero-order chi connectivity index (χ0) is 50.7. The largest absolute Gasteiger partial charge is 0.468 e. The minimum atomic E-state index is -0.569. The van der Waals surface area contributed by atoms with Crippen molar-refractivity contribution in [2.45, 2.75) is 134 Å². The number of hydrogen-bond acceptors (Lipinski definition) is 9. The van der Waals surface area contributed by atoms with Gasteiger partial charge in [-0.25, -0.2) is 0 Å². The summed E-state index contributed by atoms with van der Waals surface area (Å²) in [7, 11) is 1.40. The van der Waals surface area contributed by atoms with Crippen molar-refractivity contribution in [3.63, 3.8) is 0 Å². The van der Waals surface area contributed by atoms with E-state index in [9.17, 15) is 9.59 Å². The predicted octanol–water partition coefficient (Wildman–Crippen LogP) is 11.7. The molecule has 4 aliphatic rings. The van der Waals surface area contributed by atoms with E-state index in [0.717, 1.165) is 108 Å². The van der Waals surface area contributed by atoms with Crippen LogP contribution in [-0.2, 0) is 46.4 Å². The van der Waals surface area contributed by atoms with Crippen molar-refractivity contribution in [2.75, 3.05) is 46.4 Å². The van der Waals surface area contributed by atoms with Crippen LogP contribution in [-0.4, -0.2) is 107 Å². The summed E-state index contributed by atoms with van der Waals surface area (Å²) in [4.78, 5) is 43.9. The molecule has 6 atom stereocenters. The number of nitrogens with zero attached hydrogens (tertiary/aromatic N) is 5. The maximum absolute atomic E-state index is 14.1. The number of piperazine rings is 2. The van der Waals surface area contributed by atoms with Crippen LogP contribution >= 0.6 is 55.1 Å². The number of pyridine rings is 2. The van der Waals surface area contributed by atoms with E-state index in [-0.39, 0.29) is 30.0 Å². The van der Waals surface area contributed by atoms with Crippen molar-refractivity contribution >= 4 is 66.9 Å². The number of halogens is 4. The van der Waals surface area contributed by atoms with Crippen molar-refractivity contribution in [3.8, 4) is 0 Å². The Morgan fingerprint density at radius 2 is 1.32 bits per heavy atom. The number of unbranched alkanes of at least 4 members (excludes halogenated alkanes) is 2. The van der Waals surface area contributed by atoms with Gasteiger partial charge in [0.15, 0.2) is 0 Å². The SMILES string of the molecule is CCCCC1CN(C2c3ccc(Cl)cc3CCc3cc(Br)cnc32)CCN1.CCCCC1CN(C2c3ccc(Cl)cc3CCc3cc(Br)cnc32)CCN1C(=O)C(C)NC(CCc1ccccc1)C(=O)OC. The van der Waals surface area contributed by atoms with E-state index in [2.05, 4.69) is 115 Å². The van der Waals surface area contributed by atoms with E-state index in [1.165, 1.54) is 65.4 Å². The number of rotatable bonds is 15. The molecule has 2 fully saturated rings. The number of aromatic nitrogens is 2. The third kappa shape index (κ3) is 13.6. The van der Waals surface area contributed by atoms with Crippen molar-refractivity contribution in [2.24, 2.45) is 0 Å². The molecule has 2 saturated heterocycles. The highest BCUT2D eigenvalue weighted by molar-refractivity contribution is 9.10. The Morgan fingerprint density at radius 1 is 0.750 bits per heavy atom. The number of aryl methyl sites for hydroxylation is 5. The molecule has 72 heavy (non-hydrogen) atoms. The average molecular weight is 1140 g/mol. The number of esters is 1. The van der Waals surface area contributed by atoms with Gasteiger partial charge in [-0.15, -0.1) is 0 Å². The van der Waals surface area contributed by atoms with Crippen molar-refractivity contribution in [1.82, 2.24) is 35.3 Å². The third-order valence-corrected chi connectivity index (χ3v) is 16.4. The van der Waals surface area contributed by atoms with Crippen LogP contribution in [0.4, 0.5) is 0 Å². The smallest absolute Gasteiger partial charge is 0.322 e. The molecule has 2 N–H and O–H groups in total. The fourth-order valence-electron chi connectivity index (χ4n) is 11.4. The molecule has 2 aliphatic carbocycles. The first-order chi connectivity index (χ1) is 34.9. The Labute approximate surface area is 454 Å². The molecule has 9 rings (SSSR count). The monoisotopic (exact) mass is 1140 g/mol. The van der Waals surface area contributed by atoms with Gasteiger partial charge in [0, 0.05) is 82.7 Å². The summed E-state index contributed by atoms with van der Waals surface area (Å²) >= 11 is 20.0. The molecule has 1 amide bonds. The van der Waals surface area contributed by atoms with Crippen molar-refractivity contribution in [3.05, 3.63) is 161 Å². The first kappa shape index (κ1) is 54.5. The predicted molar refractivity (Wildman–Crippen MR) is 298 cm³/mol. The molecule has 0 bridgehead atoms. The summed E-state index contributed by atoms with van der Waals surface area (Å²) < 4.78 is 7.16. The Hall–Kier alpha value is -3.72. The molecule has 14 heteroatoms. The summed E-state index contributed by atoms with van der Waals surface area (Å²) in [6.45, 7) is 11.6. The molecule has 4 heterocycles. The molecule has 3 aromatic carbocycles. The maximum Gasteiger partial charge on any atom is 0.322 e. The summed E-state index contributed by atoms with van der Waals surface area (Å²) in [6, 6.07) is 26.9. The fraction of sp³-hybridized carbons (Fsp3) is 0.483. The van der Waals surface area contributed by atoms with Gasteiger partial charge >= 0.3 is 5.97 Å². The Kier molecular flexibility index (Phi) is 19.8. The van der Waals surface area contributed by atoms with Crippen molar-refractivity contribution < 1.29 is 14.3 Å². The van der Waals surface area contributed by atoms with Crippen LogP contribution in [0.15, 0.2) is 100 Å². The lowest BCUT2D eigenvalue weighted by atomic mass is 9.94. The van der Waals surface area contributed by atoms with E-state index in [0.29, 0.717) is 25.4 Å². The van der Waals surface area contributed by atoms with E-state index < -0.39 is 12.1 Å². The molecular formula is C58H71Br2Cl2N7O3. The van der Waals surface area contributed by atoms with Crippen LogP contribution in [0, 0.1) is 0 Å². The third-order valence-electron chi connectivity index (χ3n) is 15.1. The molecular weight excluding hydrogens is 1070 g/mol.